The first kappa shape index (κ1) is 19.5. The summed E-state index contributed by atoms with van der Waals surface area (Å²) in [5.41, 5.74) is 0.241. The molecule has 7 nitrogen and oxygen atoms in total. The number of rotatable bonds is 5. The van der Waals surface area contributed by atoms with Gasteiger partial charge in [-0.05, 0) is 36.4 Å². The second kappa shape index (κ2) is 8.20. The molecular weight excluding hydrogens is 404 g/mol. The molecule has 0 amide bonds. The predicted octanol–water partition coefficient (Wildman–Crippen LogP) is 2.50. The van der Waals surface area contributed by atoms with Crippen LogP contribution in [0.4, 0.5) is 5.69 Å². The zero-order valence-corrected chi connectivity index (χ0v) is 16.0. The van der Waals surface area contributed by atoms with Gasteiger partial charge in [0.2, 0.25) is 0 Å². The standard InChI is InChI=1S/C19H13ClN2O5S/c1-27-14-5-2-11(3-6-14)16(23)10-18-21-19(24)17(28-18)9-12-8-13(22(25)26)4-7-15(12)20/h2-10H,1H3,(H,21,24)/b17-9+,18-10+. The number of aromatic amines is 1. The highest BCUT2D eigenvalue weighted by atomic mass is 35.5. The van der Waals surface area contributed by atoms with E-state index in [4.69, 9.17) is 16.3 Å². The third kappa shape index (κ3) is 4.36. The Morgan fingerprint density at radius 3 is 2.61 bits per heavy atom. The smallest absolute Gasteiger partial charge is 0.270 e. The lowest BCUT2D eigenvalue weighted by Crippen LogP contribution is -2.20. The SMILES string of the molecule is COc1ccc(C(=O)/C=c2\[nH]c(=O)/c(=C\c3cc([N+](=O)[O-])ccc3Cl)s2)cc1. The summed E-state index contributed by atoms with van der Waals surface area (Å²) in [6.45, 7) is 0. The Labute approximate surface area is 167 Å². The topological polar surface area (TPSA) is 102 Å². The van der Waals surface area contributed by atoms with Crippen molar-refractivity contribution in [1.29, 1.82) is 0 Å². The third-order valence-electron chi connectivity index (χ3n) is 3.79. The lowest BCUT2D eigenvalue weighted by atomic mass is 10.1. The van der Waals surface area contributed by atoms with Crippen LogP contribution >= 0.6 is 22.9 Å². The number of benzene rings is 2. The van der Waals surface area contributed by atoms with E-state index in [1.165, 1.54) is 37.5 Å². The number of Topliss-reactive ketones (excluding diaryl/α,β-unsaturated/α-hetero) is 1. The van der Waals surface area contributed by atoms with Crippen molar-refractivity contribution in [1.82, 2.24) is 4.98 Å². The van der Waals surface area contributed by atoms with Crippen LogP contribution in [0, 0.1) is 10.1 Å². The summed E-state index contributed by atoms with van der Waals surface area (Å²) in [6, 6.07) is 10.5. The highest BCUT2D eigenvalue weighted by Gasteiger charge is 2.09. The lowest BCUT2D eigenvalue weighted by Gasteiger charge is -1.99. The number of non-ortho nitro benzene ring substituents is 1. The van der Waals surface area contributed by atoms with Crippen molar-refractivity contribution < 1.29 is 14.5 Å². The Balaban J connectivity index is 1.99. The Bertz CT molecular complexity index is 1230. The van der Waals surface area contributed by atoms with Crippen molar-refractivity contribution in [3.05, 3.63) is 88.3 Å². The maximum absolute atomic E-state index is 12.3. The summed E-state index contributed by atoms with van der Waals surface area (Å²) >= 11 is 7.12. The number of nitrogens with zero attached hydrogens (tertiary/aromatic N) is 1. The van der Waals surface area contributed by atoms with Gasteiger partial charge in [0.25, 0.3) is 11.2 Å². The van der Waals surface area contributed by atoms with E-state index in [0.717, 1.165) is 11.3 Å². The van der Waals surface area contributed by atoms with Crippen LogP contribution in [0.25, 0.3) is 12.2 Å². The van der Waals surface area contributed by atoms with E-state index in [1.807, 2.05) is 0 Å². The van der Waals surface area contributed by atoms with Crippen LogP contribution in [0.2, 0.25) is 5.02 Å². The van der Waals surface area contributed by atoms with Gasteiger partial charge >= 0.3 is 0 Å². The first-order chi connectivity index (χ1) is 13.4. The number of H-pyrrole nitrogens is 1. The molecule has 0 atom stereocenters. The Morgan fingerprint density at radius 1 is 1.25 bits per heavy atom. The highest BCUT2D eigenvalue weighted by Crippen LogP contribution is 2.22. The first-order valence-corrected chi connectivity index (χ1v) is 9.12. The molecule has 0 bridgehead atoms. The van der Waals surface area contributed by atoms with Gasteiger partial charge in [0.05, 0.1) is 21.2 Å². The summed E-state index contributed by atoms with van der Waals surface area (Å²) in [4.78, 5) is 37.5. The number of ketones is 1. The van der Waals surface area contributed by atoms with E-state index in [9.17, 15) is 19.7 Å². The van der Waals surface area contributed by atoms with Crippen LogP contribution in [0.5, 0.6) is 5.75 Å². The largest absolute Gasteiger partial charge is 0.497 e. The molecule has 0 aliphatic rings. The molecule has 0 saturated heterocycles. The summed E-state index contributed by atoms with van der Waals surface area (Å²) in [5.74, 6) is 0.354. The molecule has 1 heterocycles. The number of carbonyl (C=O) groups is 1. The van der Waals surface area contributed by atoms with Crippen molar-refractivity contribution in [2.45, 2.75) is 0 Å². The molecular formula is C19H13ClN2O5S. The van der Waals surface area contributed by atoms with Gasteiger partial charge in [-0.2, -0.15) is 0 Å². The fraction of sp³-hybridized carbons (Fsp3) is 0.0526. The van der Waals surface area contributed by atoms with Crippen molar-refractivity contribution in [3.8, 4) is 5.75 Å². The number of thiazole rings is 1. The van der Waals surface area contributed by atoms with Gasteiger partial charge in [-0.15, -0.1) is 11.3 Å². The molecule has 0 unspecified atom stereocenters. The molecule has 0 aliphatic carbocycles. The second-order valence-corrected chi connectivity index (χ2v) is 7.12. The lowest BCUT2D eigenvalue weighted by molar-refractivity contribution is -0.384. The van der Waals surface area contributed by atoms with Crippen molar-refractivity contribution in [3.63, 3.8) is 0 Å². The van der Waals surface area contributed by atoms with Crippen LogP contribution in [0.1, 0.15) is 15.9 Å². The van der Waals surface area contributed by atoms with Crippen LogP contribution in [0.15, 0.2) is 47.3 Å². The van der Waals surface area contributed by atoms with Crippen LogP contribution < -0.4 is 19.5 Å². The number of nitro benzene ring substituents is 1. The number of methoxy groups -OCH3 is 1. The number of nitro groups is 1. The van der Waals surface area contributed by atoms with Crippen molar-refractivity contribution in [2.24, 2.45) is 0 Å². The number of hydrogen-bond acceptors (Lipinski definition) is 6. The zero-order chi connectivity index (χ0) is 20.3. The van der Waals surface area contributed by atoms with Gasteiger partial charge in [0.15, 0.2) is 5.78 Å². The predicted molar refractivity (Wildman–Crippen MR) is 108 cm³/mol. The monoisotopic (exact) mass is 416 g/mol. The molecule has 0 radical (unpaired) electrons. The second-order valence-electron chi connectivity index (χ2n) is 5.63. The van der Waals surface area contributed by atoms with Crippen LogP contribution in [-0.4, -0.2) is 22.8 Å². The van der Waals surface area contributed by atoms with E-state index in [1.54, 1.807) is 24.3 Å². The summed E-state index contributed by atoms with van der Waals surface area (Å²) in [5, 5.41) is 11.2. The molecule has 2 aromatic carbocycles. The van der Waals surface area contributed by atoms with Gasteiger partial charge in [-0.25, -0.2) is 0 Å². The number of aromatic nitrogens is 1. The average Bonchev–Trinajstić information content (AvgIpc) is 3.02. The van der Waals surface area contributed by atoms with E-state index >= 15 is 0 Å². The first-order valence-electron chi connectivity index (χ1n) is 7.92. The minimum absolute atomic E-state index is 0.134. The summed E-state index contributed by atoms with van der Waals surface area (Å²) in [6.07, 6.45) is 2.77. The molecule has 9 heteroatoms. The van der Waals surface area contributed by atoms with Gasteiger partial charge < -0.3 is 9.72 Å². The number of halogens is 1. The van der Waals surface area contributed by atoms with E-state index in [2.05, 4.69) is 4.98 Å². The van der Waals surface area contributed by atoms with Crippen LogP contribution in [0.3, 0.4) is 0 Å². The molecule has 0 aliphatic heterocycles. The number of carbonyl (C=O) groups excluding carboxylic acids is 1. The van der Waals surface area contributed by atoms with E-state index < -0.39 is 10.5 Å². The minimum atomic E-state index is -0.543. The molecule has 0 fully saturated rings. The Kier molecular flexibility index (Phi) is 5.72. The average molecular weight is 417 g/mol. The van der Waals surface area contributed by atoms with Gasteiger partial charge in [0, 0.05) is 34.4 Å². The maximum Gasteiger partial charge on any atom is 0.270 e. The zero-order valence-electron chi connectivity index (χ0n) is 14.5. The Hall–Kier alpha value is -3.23. The van der Waals surface area contributed by atoms with E-state index in [0.29, 0.717) is 21.5 Å². The molecule has 142 valence electrons. The molecule has 28 heavy (non-hydrogen) atoms. The Morgan fingerprint density at radius 2 is 1.96 bits per heavy atom. The normalized spacial score (nSPS) is 12.2. The van der Waals surface area contributed by atoms with Gasteiger partial charge in [0.1, 0.15) is 5.75 Å². The summed E-state index contributed by atoms with van der Waals surface area (Å²) in [7, 11) is 1.53. The molecule has 1 aromatic heterocycles. The molecule has 3 rings (SSSR count). The third-order valence-corrected chi connectivity index (χ3v) is 5.10. The van der Waals surface area contributed by atoms with Gasteiger partial charge in [-0.1, -0.05) is 11.6 Å². The fourth-order valence-corrected chi connectivity index (χ4v) is 3.43. The van der Waals surface area contributed by atoms with Crippen molar-refractivity contribution >= 4 is 46.6 Å². The molecule has 3 aromatic rings. The number of ether oxygens (including phenoxy) is 1. The molecule has 0 spiro atoms. The van der Waals surface area contributed by atoms with E-state index in [-0.39, 0.29) is 21.0 Å². The highest BCUT2D eigenvalue weighted by molar-refractivity contribution is 7.07. The maximum atomic E-state index is 12.3. The minimum Gasteiger partial charge on any atom is -0.497 e. The van der Waals surface area contributed by atoms with Crippen molar-refractivity contribution in [2.75, 3.05) is 7.11 Å². The molecule has 1 N–H and O–H groups in total. The number of hydrogen-bond donors (Lipinski definition) is 1. The van der Waals surface area contributed by atoms with Crippen LogP contribution in [-0.2, 0) is 0 Å². The quantitative estimate of drug-likeness (QED) is 0.391. The number of nitrogens with one attached hydrogen (secondary N) is 1. The summed E-state index contributed by atoms with van der Waals surface area (Å²) < 4.78 is 5.69. The van der Waals surface area contributed by atoms with Gasteiger partial charge in [-0.3, -0.25) is 19.7 Å². The fourth-order valence-electron chi connectivity index (χ4n) is 2.38. The molecule has 0 saturated carbocycles.